The van der Waals surface area contributed by atoms with Crippen molar-refractivity contribution in [3.63, 3.8) is 0 Å². The van der Waals surface area contributed by atoms with Crippen molar-refractivity contribution >= 4 is 51.7 Å². The number of anilines is 1. The summed E-state index contributed by atoms with van der Waals surface area (Å²) in [6.45, 7) is 3.88. The van der Waals surface area contributed by atoms with Gasteiger partial charge in [-0.1, -0.05) is 71.4 Å². The number of amides is 1. The molecule has 0 saturated heterocycles. The number of benzene rings is 3. The number of nitrogens with one attached hydrogen (secondary N) is 2. The Morgan fingerprint density at radius 1 is 1.06 bits per heavy atom. The summed E-state index contributed by atoms with van der Waals surface area (Å²) in [5.41, 5.74) is 4.94. The third kappa shape index (κ3) is 6.01. The monoisotopic (exact) mass is 525 g/mol. The summed E-state index contributed by atoms with van der Waals surface area (Å²) in [5, 5.41) is 8.06. The van der Waals surface area contributed by atoms with Gasteiger partial charge in [-0.25, -0.2) is 4.99 Å². The van der Waals surface area contributed by atoms with E-state index in [1.165, 1.54) is 11.8 Å². The van der Waals surface area contributed by atoms with Crippen LogP contribution in [0.5, 0.6) is 5.75 Å². The molecule has 180 valence electrons. The maximum Gasteiger partial charge on any atom is 0.255 e. The Morgan fingerprint density at radius 2 is 1.83 bits per heavy atom. The molecule has 1 aliphatic heterocycles. The third-order valence-corrected chi connectivity index (χ3v) is 7.30. The lowest BCUT2D eigenvalue weighted by atomic mass is 9.94. The number of amidine groups is 1. The van der Waals surface area contributed by atoms with E-state index in [1.54, 1.807) is 13.2 Å². The van der Waals surface area contributed by atoms with Crippen LogP contribution in [0.1, 0.15) is 29.7 Å². The Labute approximate surface area is 219 Å². The van der Waals surface area contributed by atoms with Crippen LogP contribution in [0.25, 0.3) is 0 Å². The van der Waals surface area contributed by atoms with Crippen molar-refractivity contribution in [2.75, 3.05) is 12.4 Å². The molecular formula is C27H25Cl2N3O2S. The summed E-state index contributed by atoms with van der Waals surface area (Å²) < 4.78 is 5.54. The minimum absolute atomic E-state index is 0.206. The van der Waals surface area contributed by atoms with Crippen LogP contribution in [0.4, 0.5) is 5.69 Å². The van der Waals surface area contributed by atoms with E-state index in [0.717, 1.165) is 39.0 Å². The number of thioether (sulfide) groups is 1. The van der Waals surface area contributed by atoms with E-state index in [0.29, 0.717) is 21.4 Å². The lowest BCUT2D eigenvalue weighted by molar-refractivity contribution is -0.113. The lowest BCUT2D eigenvalue weighted by Crippen LogP contribution is -2.32. The normalized spacial score (nSPS) is 15.3. The van der Waals surface area contributed by atoms with Gasteiger partial charge in [0.25, 0.3) is 5.91 Å². The average molecular weight is 526 g/mol. The van der Waals surface area contributed by atoms with E-state index in [1.807, 2.05) is 74.5 Å². The molecule has 0 bridgehead atoms. The second-order valence-electron chi connectivity index (χ2n) is 8.09. The predicted molar refractivity (Wildman–Crippen MR) is 147 cm³/mol. The number of hydrogen-bond acceptors (Lipinski definition) is 5. The molecule has 0 saturated carbocycles. The molecule has 1 amide bonds. The SMILES string of the molecule is COc1cc([C@H]2N=C(SCc3ccc(Cl)c(Cl)c3)NC(C)=C2C(=O)Nc2ccccc2)ccc1C. The number of aliphatic imine (C=N–C) groups is 1. The molecule has 8 heteroatoms. The number of methoxy groups -OCH3 is 1. The smallest absolute Gasteiger partial charge is 0.255 e. The van der Waals surface area contributed by atoms with E-state index in [9.17, 15) is 4.79 Å². The van der Waals surface area contributed by atoms with Crippen LogP contribution in [-0.4, -0.2) is 18.2 Å². The Hall–Kier alpha value is -2.93. The van der Waals surface area contributed by atoms with Gasteiger partial charge in [-0.15, -0.1) is 0 Å². The van der Waals surface area contributed by atoms with E-state index in [-0.39, 0.29) is 5.91 Å². The van der Waals surface area contributed by atoms with Crippen LogP contribution < -0.4 is 15.4 Å². The number of para-hydroxylation sites is 1. The summed E-state index contributed by atoms with van der Waals surface area (Å²) in [5.74, 6) is 1.19. The fourth-order valence-corrected chi connectivity index (χ4v) is 4.97. The largest absolute Gasteiger partial charge is 0.496 e. The van der Waals surface area contributed by atoms with Crippen molar-refractivity contribution in [1.29, 1.82) is 0 Å². The lowest BCUT2D eigenvalue weighted by Gasteiger charge is -2.27. The van der Waals surface area contributed by atoms with E-state index in [4.69, 9.17) is 32.9 Å². The summed E-state index contributed by atoms with van der Waals surface area (Å²) in [4.78, 5) is 18.3. The fraction of sp³-hybridized carbons (Fsp3) is 0.185. The molecule has 4 rings (SSSR count). The molecule has 0 aliphatic carbocycles. The van der Waals surface area contributed by atoms with Crippen molar-refractivity contribution in [2.24, 2.45) is 4.99 Å². The van der Waals surface area contributed by atoms with Crippen LogP contribution in [-0.2, 0) is 10.5 Å². The molecule has 3 aromatic carbocycles. The molecule has 1 atom stereocenters. The Balaban J connectivity index is 1.65. The number of rotatable bonds is 6. The first kappa shape index (κ1) is 25.2. The van der Waals surface area contributed by atoms with Gasteiger partial charge in [-0.2, -0.15) is 0 Å². The first-order chi connectivity index (χ1) is 16.9. The number of carbonyl (C=O) groups excluding carboxylic acids is 1. The second kappa shape index (κ2) is 11.2. The molecule has 2 N–H and O–H groups in total. The zero-order valence-corrected chi connectivity index (χ0v) is 21.9. The number of aryl methyl sites for hydroxylation is 1. The molecule has 0 unspecified atom stereocenters. The molecule has 0 spiro atoms. The molecule has 35 heavy (non-hydrogen) atoms. The molecule has 1 heterocycles. The van der Waals surface area contributed by atoms with Gasteiger partial charge >= 0.3 is 0 Å². The number of ether oxygens (including phenoxy) is 1. The van der Waals surface area contributed by atoms with Crippen molar-refractivity contribution in [1.82, 2.24) is 5.32 Å². The Bertz CT molecular complexity index is 1310. The molecule has 5 nitrogen and oxygen atoms in total. The highest BCUT2D eigenvalue weighted by molar-refractivity contribution is 8.13. The Morgan fingerprint density at radius 3 is 2.54 bits per heavy atom. The van der Waals surface area contributed by atoms with E-state index >= 15 is 0 Å². The minimum Gasteiger partial charge on any atom is -0.496 e. The van der Waals surface area contributed by atoms with Crippen LogP contribution in [0.2, 0.25) is 10.0 Å². The van der Waals surface area contributed by atoms with Gasteiger partial charge in [0.2, 0.25) is 0 Å². The van der Waals surface area contributed by atoms with E-state index < -0.39 is 6.04 Å². The zero-order chi connectivity index (χ0) is 24.9. The van der Waals surface area contributed by atoms with Gasteiger partial charge in [0.05, 0.1) is 22.7 Å². The van der Waals surface area contributed by atoms with Crippen molar-refractivity contribution in [2.45, 2.75) is 25.6 Å². The van der Waals surface area contributed by atoms with Gasteiger partial charge < -0.3 is 15.4 Å². The maximum absolute atomic E-state index is 13.4. The van der Waals surface area contributed by atoms with Crippen LogP contribution >= 0.6 is 35.0 Å². The van der Waals surface area contributed by atoms with Gasteiger partial charge in [0.15, 0.2) is 5.17 Å². The quantitative estimate of drug-likeness (QED) is 0.358. The van der Waals surface area contributed by atoms with Gasteiger partial charge in [-0.3, -0.25) is 4.79 Å². The number of halogens is 2. The third-order valence-electron chi connectivity index (χ3n) is 5.60. The van der Waals surface area contributed by atoms with Gasteiger partial charge in [-0.05, 0) is 60.9 Å². The van der Waals surface area contributed by atoms with Crippen LogP contribution in [0.3, 0.4) is 0 Å². The van der Waals surface area contributed by atoms with Crippen molar-refractivity contribution in [3.8, 4) is 5.75 Å². The summed E-state index contributed by atoms with van der Waals surface area (Å²) >= 11 is 13.8. The first-order valence-electron chi connectivity index (χ1n) is 11.0. The zero-order valence-electron chi connectivity index (χ0n) is 19.6. The van der Waals surface area contributed by atoms with Gasteiger partial charge in [0.1, 0.15) is 11.8 Å². The molecular weight excluding hydrogens is 501 g/mol. The van der Waals surface area contributed by atoms with Crippen molar-refractivity contribution in [3.05, 3.63) is 105 Å². The molecule has 0 fully saturated rings. The number of hydrogen-bond donors (Lipinski definition) is 2. The number of carbonyl (C=O) groups is 1. The first-order valence-corrected chi connectivity index (χ1v) is 12.7. The van der Waals surface area contributed by atoms with E-state index in [2.05, 4.69) is 10.6 Å². The standard InChI is InChI=1S/C27H25Cl2N3O2S/c1-16-9-11-19(14-23(16)34-3)25-24(26(33)31-20-7-5-4-6-8-20)17(2)30-27(32-25)35-15-18-10-12-21(28)22(29)13-18/h4-14,25H,15H2,1-3H3,(H,30,32)(H,31,33)/t25-/m1/s1. The summed E-state index contributed by atoms with van der Waals surface area (Å²) in [6, 6.07) is 20.4. The Kier molecular flexibility index (Phi) is 8.06. The van der Waals surface area contributed by atoms with Crippen LogP contribution in [0.15, 0.2) is 83.0 Å². The predicted octanol–water partition coefficient (Wildman–Crippen LogP) is 7.16. The molecule has 1 aliphatic rings. The molecule has 3 aromatic rings. The topological polar surface area (TPSA) is 62.7 Å². The highest BCUT2D eigenvalue weighted by Crippen LogP contribution is 2.36. The summed E-state index contributed by atoms with van der Waals surface area (Å²) in [6.07, 6.45) is 0. The maximum atomic E-state index is 13.4. The molecule has 0 aromatic heterocycles. The second-order valence-corrected chi connectivity index (χ2v) is 9.87. The highest BCUT2D eigenvalue weighted by Gasteiger charge is 2.30. The fourth-order valence-electron chi connectivity index (χ4n) is 3.76. The van der Waals surface area contributed by atoms with Crippen LogP contribution in [0, 0.1) is 6.92 Å². The van der Waals surface area contributed by atoms with Gasteiger partial charge in [0, 0.05) is 17.1 Å². The minimum atomic E-state index is -0.495. The molecule has 0 radical (unpaired) electrons. The van der Waals surface area contributed by atoms with Crippen molar-refractivity contribution < 1.29 is 9.53 Å². The number of allylic oxidation sites excluding steroid dienone is 1. The highest BCUT2D eigenvalue weighted by atomic mass is 35.5. The summed E-state index contributed by atoms with van der Waals surface area (Å²) in [7, 11) is 1.64. The number of nitrogens with zero attached hydrogens (tertiary/aromatic N) is 1. The average Bonchev–Trinajstić information content (AvgIpc) is 2.85.